The van der Waals surface area contributed by atoms with Gasteiger partial charge in [-0.1, -0.05) is 31.9 Å². The number of hydrogen-bond donors (Lipinski definition) is 1. The summed E-state index contributed by atoms with van der Waals surface area (Å²) in [5.41, 5.74) is 1.04. The predicted molar refractivity (Wildman–Crippen MR) is 75.0 cm³/mol. The van der Waals surface area contributed by atoms with Crippen LogP contribution in [0, 0.1) is 10.1 Å². The van der Waals surface area contributed by atoms with Crippen LogP contribution in [0.1, 0.15) is 31.7 Å². The molecule has 0 radical (unpaired) electrons. The van der Waals surface area contributed by atoms with E-state index in [0.29, 0.717) is 13.1 Å². The first-order valence-corrected chi connectivity index (χ1v) is 6.74. The van der Waals surface area contributed by atoms with Gasteiger partial charge in [-0.15, -0.1) is 0 Å². The lowest BCUT2D eigenvalue weighted by molar-refractivity contribution is -0.384. The second-order valence-corrected chi connectivity index (χ2v) is 4.63. The number of benzene rings is 1. The van der Waals surface area contributed by atoms with Crippen molar-refractivity contribution in [1.29, 1.82) is 0 Å². The quantitative estimate of drug-likeness (QED) is 0.424. The van der Waals surface area contributed by atoms with Crippen LogP contribution in [0.25, 0.3) is 0 Å². The van der Waals surface area contributed by atoms with Crippen molar-refractivity contribution in [2.45, 2.75) is 32.7 Å². The summed E-state index contributed by atoms with van der Waals surface area (Å²) in [4.78, 5) is 12.5. The topological polar surface area (TPSA) is 66.6 Å². The number of nitro benzene ring substituents is 1. The van der Waals surface area contributed by atoms with E-state index in [1.807, 2.05) is 6.07 Å². The number of nitrogens with zero attached hydrogens (tertiary/aromatic N) is 2. The fourth-order valence-corrected chi connectivity index (χ4v) is 2.02. The van der Waals surface area contributed by atoms with Gasteiger partial charge in [-0.25, -0.2) is 0 Å². The highest BCUT2D eigenvalue weighted by Crippen LogP contribution is 2.15. The molecule has 0 aromatic heterocycles. The zero-order valence-electron chi connectivity index (χ0n) is 11.4. The number of aliphatic hydroxyl groups excluding tert-OH is 1. The van der Waals surface area contributed by atoms with E-state index in [4.69, 9.17) is 5.11 Å². The summed E-state index contributed by atoms with van der Waals surface area (Å²) >= 11 is 0. The van der Waals surface area contributed by atoms with Gasteiger partial charge in [0.15, 0.2) is 0 Å². The van der Waals surface area contributed by atoms with Crippen LogP contribution in [0.4, 0.5) is 5.69 Å². The lowest BCUT2D eigenvalue weighted by Gasteiger charge is -2.21. The van der Waals surface area contributed by atoms with E-state index in [2.05, 4.69) is 11.8 Å². The average Bonchev–Trinajstić information content (AvgIpc) is 2.39. The van der Waals surface area contributed by atoms with Crippen LogP contribution >= 0.6 is 0 Å². The van der Waals surface area contributed by atoms with Gasteiger partial charge in [0.05, 0.1) is 11.5 Å². The Morgan fingerprint density at radius 1 is 1.32 bits per heavy atom. The molecular weight excluding hydrogens is 244 g/mol. The minimum Gasteiger partial charge on any atom is -0.395 e. The second-order valence-electron chi connectivity index (χ2n) is 4.63. The van der Waals surface area contributed by atoms with Crippen LogP contribution in [0.3, 0.4) is 0 Å². The minimum atomic E-state index is -0.378. The standard InChI is InChI=1S/C14H22N2O3/c1-2-3-4-8-15(9-10-17)12-13-6-5-7-14(11-13)16(18)19/h5-7,11,17H,2-4,8-10,12H2,1H3. The van der Waals surface area contributed by atoms with Crippen LogP contribution in [-0.2, 0) is 6.54 Å². The molecule has 1 aromatic rings. The van der Waals surface area contributed by atoms with Gasteiger partial charge < -0.3 is 5.11 Å². The summed E-state index contributed by atoms with van der Waals surface area (Å²) in [6.07, 6.45) is 3.41. The lowest BCUT2D eigenvalue weighted by atomic mass is 10.1. The third-order valence-electron chi connectivity index (χ3n) is 3.02. The number of hydrogen-bond acceptors (Lipinski definition) is 4. The average molecular weight is 266 g/mol. The molecule has 0 unspecified atom stereocenters. The van der Waals surface area contributed by atoms with Crippen LogP contribution in [-0.4, -0.2) is 34.6 Å². The van der Waals surface area contributed by atoms with Gasteiger partial charge in [-0.2, -0.15) is 0 Å². The van der Waals surface area contributed by atoms with Gasteiger partial charge in [0.25, 0.3) is 5.69 Å². The molecule has 0 aliphatic heterocycles. The van der Waals surface area contributed by atoms with Crippen molar-refractivity contribution in [1.82, 2.24) is 4.90 Å². The molecule has 0 saturated carbocycles. The third kappa shape index (κ3) is 5.81. The number of non-ortho nitro benzene ring substituents is 1. The SMILES string of the molecule is CCCCCN(CCO)Cc1cccc([N+](=O)[O-])c1. The van der Waals surface area contributed by atoms with E-state index in [-0.39, 0.29) is 17.2 Å². The van der Waals surface area contributed by atoms with Crippen LogP contribution in [0.2, 0.25) is 0 Å². The molecule has 0 fully saturated rings. The summed E-state index contributed by atoms with van der Waals surface area (Å²) < 4.78 is 0. The maximum Gasteiger partial charge on any atom is 0.269 e. The first kappa shape index (κ1) is 15.6. The Morgan fingerprint density at radius 2 is 2.11 bits per heavy atom. The van der Waals surface area contributed by atoms with Crippen molar-refractivity contribution in [2.75, 3.05) is 19.7 Å². The molecular formula is C14H22N2O3. The number of aliphatic hydroxyl groups is 1. The number of rotatable bonds is 9. The highest BCUT2D eigenvalue weighted by molar-refractivity contribution is 5.34. The van der Waals surface area contributed by atoms with Crippen molar-refractivity contribution in [3.8, 4) is 0 Å². The highest BCUT2D eigenvalue weighted by atomic mass is 16.6. The monoisotopic (exact) mass is 266 g/mol. The fraction of sp³-hybridized carbons (Fsp3) is 0.571. The Bertz CT molecular complexity index is 396. The van der Waals surface area contributed by atoms with E-state index in [0.717, 1.165) is 31.4 Å². The molecule has 1 N–H and O–H groups in total. The molecule has 106 valence electrons. The van der Waals surface area contributed by atoms with Crippen LogP contribution in [0.5, 0.6) is 0 Å². The van der Waals surface area contributed by atoms with Crippen molar-refractivity contribution in [3.63, 3.8) is 0 Å². The molecule has 19 heavy (non-hydrogen) atoms. The van der Waals surface area contributed by atoms with E-state index in [1.54, 1.807) is 12.1 Å². The molecule has 0 saturated heterocycles. The van der Waals surface area contributed by atoms with E-state index >= 15 is 0 Å². The van der Waals surface area contributed by atoms with Crippen LogP contribution in [0.15, 0.2) is 24.3 Å². The Labute approximate surface area is 114 Å². The first-order valence-electron chi connectivity index (χ1n) is 6.74. The summed E-state index contributed by atoms with van der Waals surface area (Å²) in [5, 5.41) is 19.8. The number of nitro groups is 1. The Morgan fingerprint density at radius 3 is 2.74 bits per heavy atom. The number of unbranched alkanes of at least 4 members (excludes halogenated alkanes) is 2. The molecule has 0 atom stereocenters. The Balaban J connectivity index is 2.61. The Kier molecular flexibility index (Phi) is 7.07. The fourth-order valence-electron chi connectivity index (χ4n) is 2.02. The minimum absolute atomic E-state index is 0.112. The maximum absolute atomic E-state index is 10.7. The molecule has 1 aromatic carbocycles. The summed E-state index contributed by atoms with van der Waals surface area (Å²) in [6, 6.07) is 6.69. The molecule has 5 nitrogen and oxygen atoms in total. The van der Waals surface area contributed by atoms with E-state index in [9.17, 15) is 10.1 Å². The predicted octanol–water partition coefficient (Wildman–Crippen LogP) is 2.58. The first-order chi connectivity index (χ1) is 9.17. The highest BCUT2D eigenvalue weighted by Gasteiger charge is 2.09. The van der Waals surface area contributed by atoms with Gasteiger partial charge in [-0.05, 0) is 18.5 Å². The zero-order valence-corrected chi connectivity index (χ0v) is 11.4. The molecule has 0 amide bonds. The van der Waals surface area contributed by atoms with Gasteiger partial charge in [-0.3, -0.25) is 15.0 Å². The molecule has 0 heterocycles. The Hall–Kier alpha value is -1.46. The normalized spacial score (nSPS) is 10.9. The van der Waals surface area contributed by atoms with Crippen molar-refractivity contribution < 1.29 is 10.0 Å². The molecule has 0 aliphatic carbocycles. The van der Waals surface area contributed by atoms with Crippen molar-refractivity contribution in [2.24, 2.45) is 0 Å². The van der Waals surface area contributed by atoms with E-state index < -0.39 is 0 Å². The smallest absolute Gasteiger partial charge is 0.269 e. The maximum atomic E-state index is 10.7. The molecule has 0 aliphatic rings. The third-order valence-corrected chi connectivity index (χ3v) is 3.02. The summed E-state index contributed by atoms with van der Waals surface area (Å²) in [6.45, 7) is 4.42. The van der Waals surface area contributed by atoms with Crippen molar-refractivity contribution in [3.05, 3.63) is 39.9 Å². The van der Waals surface area contributed by atoms with Crippen molar-refractivity contribution >= 4 is 5.69 Å². The van der Waals surface area contributed by atoms with Crippen LogP contribution < -0.4 is 0 Å². The molecule has 0 spiro atoms. The van der Waals surface area contributed by atoms with E-state index in [1.165, 1.54) is 6.07 Å². The van der Waals surface area contributed by atoms with Gasteiger partial charge >= 0.3 is 0 Å². The summed E-state index contributed by atoms with van der Waals surface area (Å²) in [7, 11) is 0. The zero-order chi connectivity index (χ0) is 14.1. The van der Waals surface area contributed by atoms with Gasteiger partial charge in [0.2, 0.25) is 0 Å². The molecule has 0 bridgehead atoms. The largest absolute Gasteiger partial charge is 0.395 e. The summed E-state index contributed by atoms with van der Waals surface area (Å²) in [5.74, 6) is 0. The molecule has 5 heteroatoms. The second kappa shape index (κ2) is 8.61. The van der Waals surface area contributed by atoms with Gasteiger partial charge in [0, 0.05) is 25.2 Å². The lowest BCUT2D eigenvalue weighted by Crippen LogP contribution is -2.27. The molecule has 1 rings (SSSR count). The van der Waals surface area contributed by atoms with Gasteiger partial charge in [0.1, 0.15) is 0 Å².